The second-order valence-corrected chi connectivity index (χ2v) is 9.70. The second kappa shape index (κ2) is 13.2. The number of aromatic nitrogens is 2. The number of carbonyl (C=O) groups excluding carboxylic acids is 1. The summed E-state index contributed by atoms with van der Waals surface area (Å²) in [5.74, 6) is 0.512. The number of methoxy groups -OCH3 is 2. The fourth-order valence-electron chi connectivity index (χ4n) is 3.00. The summed E-state index contributed by atoms with van der Waals surface area (Å²) in [6.07, 6.45) is 13.3. The number of allylic oxidation sites excluding steroid dienone is 4. The number of carbonyl (C=O) groups is 1. The minimum atomic E-state index is -0.555. The van der Waals surface area contributed by atoms with Crippen LogP contribution in [-0.4, -0.2) is 36.2 Å². The molecule has 8 heteroatoms. The van der Waals surface area contributed by atoms with Gasteiger partial charge in [-0.25, -0.2) is 9.97 Å². The van der Waals surface area contributed by atoms with E-state index in [-0.39, 0.29) is 17.9 Å². The lowest BCUT2D eigenvalue weighted by Crippen LogP contribution is -2.22. The van der Waals surface area contributed by atoms with Crippen molar-refractivity contribution in [1.29, 1.82) is 0 Å². The van der Waals surface area contributed by atoms with Crippen molar-refractivity contribution in [3.05, 3.63) is 63.7 Å². The number of nitrogens with two attached hydrogens (primary N) is 1. The predicted octanol–water partition coefficient (Wildman–Crippen LogP) is 5.82. The number of ether oxygens (including phenoxy) is 2. The highest BCUT2D eigenvalue weighted by atomic mass is 32.1. The molecule has 2 aromatic rings. The Kier molecular flexibility index (Phi) is 10.7. The van der Waals surface area contributed by atoms with E-state index in [0.717, 1.165) is 21.4 Å². The van der Waals surface area contributed by atoms with Crippen molar-refractivity contribution in [2.24, 2.45) is 17.6 Å². The molecule has 0 spiro atoms. The van der Waals surface area contributed by atoms with Gasteiger partial charge in [0.15, 0.2) is 0 Å². The van der Waals surface area contributed by atoms with Crippen LogP contribution in [0.25, 0.3) is 16.8 Å². The highest BCUT2D eigenvalue weighted by molar-refractivity contribution is 7.14. The summed E-state index contributed by atoms with van der Waals surface area (Å²) < 4.78 is 10.9. The number of rotatable bonds is 12. The Hall–Kier alpha value is -2.55. The smallest absolute Gasteiger partial charge is 0.244 e. The molecule has 0 saturated heterocycles. The van der Waals surface area contributed by atoms with E-state index in [1.165, 1.54) is 13.2 Å². The average Bonchev–Trinajstić information content (AvgIpc) is 3.44. The third-order valence-corrected chi connectivity index (χ3v) is 6.78. The maximum absolute atomic E-state index is 11.2. The van der Waals surface area contributed by atoms with E-state index in [4.69, 9.17) is 25.2 Å². The average molecular weight is 488 g/mol. The Morgan fingerprint density at radius 2 is 1.76 bits per heavy atom. The molecular formula is C25H33N3O3S2. The van der Waals surface area contributed by atoms with Crippen LogP contribution >= 0.6 is 22.7 Å². The first-order valence-corrected chi connectivity index (χ1v) is 12.5. The monoisotopic (exact) mass is 487 g/mol. The molecule has 0 aromatic carbocycles. The highest BCUT2D eigenvalue weighted by Crippen LogP contribution is 2.29. The van der Waals surface area contributed by atoms with E-state index >= 15 is 0 Å². The number of hydrogen-bond donors (Lipinski definition) is 1. The van der Waals surface area contributed by atoms with Crippen molar-refractivity contribution < 1.29 is 14.3 Å². The van der Waals surface area contributed by atoms with E-state index < -0.39 is 5.91 Å². The zero-order valence-corrected chi connectivity index (χ0v) is 21.7. The van der Waals surface area contributed by atoms with E-state index in [0.29, 0.717) is 11.7 Å². The normalized spacial score (nSPS) is 15.7. The van der Waals surface area contributed by atoms with Crippen LogP contribution in [0.2, 0.25) is 0 Å². The summed E-state index contributed by atoms with van der Waals surface area (Å²) in [7, 11) is 3.12. The van der Waals surface area contributed by atoms with Gasteiger partial charge in [0.1, 0.15) is 16.5 Å². The molecule has 0 bridgehead atoms. The topological polar surface area (TPSA) is 87.3 Å². The number of hydrogen-bond acceptors (Lipinski definition) is 7. The quantitative estimate of drug-likeness (QED) is 0.232. The fraction of sp³-hybridized carbons (Fsp3) is 0.400. The van der Waals surface area contributed by atoms with Crippen LogP contribution in [0.4, 0.5) is 0 Å². The minimum absolute atomic E-state index is 0.187. The van der Waals surface area contributed by atoms with Gasteiger partial charge in [-0.15, -0.1) is 22.7 Å². The van der Waals surface area contributed by atoms with Crippen LogP contribution in [0.15, 0.2) is 53.0 Å². The summed E-state index contributed by atoms with van der Waals surface area (Å²) >= 11 is 3.20. The molecule has 178 valence electrons. The van der Waals surface area contributed by atoms with Crippen LogP contribution in [0.5, 0.6) is 0 Å². The molecule has 3 atom stereocenters. The second-order valence-electron chi connectivity index (χ2n) is 7.95. The molecule has 0 aliphatic rings. The van der Waals surface area contributed by atoms with Crippen LogP contribution in [0, 0.1) is 11.8 Å². The van der Waals surface area contributed by atoms with Crippen LogP contribution in [0.1, 0.15) is 44.3 Å². The van der Waals surface area contributed by atoms with Gasteiger partial charge in [0.25, 0.3) is 0 Å². The molecule has 0 aliphatic carbocycles. The van der Waals surface area contributed by atoms with E-state index in [1.807, 2.05) is 24.5 Å². The maximum atomic E-state index is 11.2. The van der Waals surface area contributed by atoms with Gasteiger partial charge >= 0.3 is 0 Å². The van der Waals surface area contributed by atoms with Crippen LogP contribution < -0.4 is 5.73 Å². The van der Waals surface area contributed by atoms with E-state index in [1.54, 1.807) is 29.8 Å². The molecule has 0 saturated carbocycles. The van der Waals surface area contributed by atoms with Crippen LogP contribution in [0.3, 0.4) is 0 Å². The van der Waals surface area contributed by atoms with Gasteiger partial charge in [0.2, 0.25) is 5.91 Å². The van der Waals surface area contributed by atoms with Gasteiger partial charge in [-0.1, -0.05) is 58.1 Å². The Morgan fingerprint density at radius 3 is 2.39 bits per heavy atom. The highest BCUT2D eigenvalue weighted by Gasteiger charge is 2.20. The number of thiazole rings is 2. The van der Waals surface area contributed by atoms with Gasteiger partial charge in [-0.3, -0.25) is 4.79 Å². The summed E-state index contributed by atoms with van der Waals surface area (Å²) in [5, 5.41) is 5.98. The first kappa shape index (κ1) is 26.7. The molecule has 6 nitrogen and oxygen atoms in total. The number of primary amides is 1. The Bertz CT molecular complexity index is 1020. The predicted molar refractivity (Wildman–Crippen MR) is 138 cm³/mol. The summed E-state index contributed by atoms with van der Waals surface area (Å²) in [6.45, 7) is 8.37. The summed E-state index contributed by atoms with van der Waals surface area (Å²) in [6, 6.07) is 0. The zero-order valence-electron chi connectivity index (χ0n) is 20.0. The molecule has 1 amide bonds. The third-order valence-electron chi connectivity index (χ3n) is 4.85. The SMILES string of the molecule is CO/C(=C/C(N)=O)[C@H](C)[C@H](/C=C/c1csc(-c2csc([C@@H](C)/C=C/C=C/C(C)C)n2)n1)OC. The molecule has 2 N–H and O–H groups in total. The van der Waals surface area contributed by atoms with E-state index in [2.05, 4.69) is 50.5 Å². The van der Waals surface area contributed by atoms with Gasteiger partial charge in [0.05, 0.1) is 23.9 Å². The third kappa shape index (κ3) is 8.38. The number of amides is 1. The molecule has 0 aliphatic heterocycles. The number of nitrogens with zero attached hydrogens (tertiary/aromatic N) is 2. The molecular weight excluding hydrogens is 454 g/mol. The molecule has 2 aromatic heterocycles. The molecule has 2 rings (SSSR count). The van der Waals surface area contributed by atoms with Crippen molar-refractivity contribution in [2.45, 2.75) is 39.7 Å². The van der Waals surface area contributed by atoms with Gasteiger partial charge in [0, 0.05) is 35.8 Å². The fourth-order valence-corrected chi connectivity index (χ4v) is 4.66. The minimum Gasteiger partial charge on any atom is -0.501 e. The Labute approximate surface area is 204 Å². The molecule has 0 unspecified atom stereocenters. The van der Waals surface area contributed by atoms with Gasteiger partial charge in [-0.05, 0) is 12.0 Å². The van der Waals surface area contributed by atoms with Crippen molar-refractivity contribution in [1.82, 2.24) is 9.97 Å². The Balaban J connectivity index is 2.09. The molecule has 0 fully saturated rings. The standard InChI is InChI=1S/C25H33N3O3S2/c1-16(2)9-7-8-10-17(3)24-28-20(15-33-24)25-27-19(14-32-25)11-12-21(30-5)18(4)22(31-6)13-23(26)29/h7-18,21H,1-6H3,(H2,26,29)/b9-7+,10-8+,12-11+,22-13+/t17-,18+,21-/m0/s1. The lowest BCUT2D eigenvalue weighted by Gasteiger charge is -2.21. The first-order chi connectivity index (χ1) is 15.7. The summed E-state index contributed by atoms with van der Waals surface area (Å²) in [5.41, 5.74) is 6.97. The van der Waals surface area contributed by atoms with Gasteiger partial charge < -0.3 is 15.2 Å². The Morgan fingerprint density at radius 1 is 1.03 bits per heavy atom. The van der Waals surface area contributed by atoms with Crippen LogP contribution in [-0.2, 0) is 14.3 Å². The first-order valence-electron chi connectivity index (χ1n) is 10.8. The lowest BCUT2D eigenvalue weighted by molar-refractivity contribution is -0.113. The molecule has 2 heterocycles. The van der Waals surface area contributed by atoms with E-state index in [9.17, 15) is 4.79 Å². The maximum Gasteiger partial charge on any atom is 0.244 e. The van der Waals surface area contributed by atoms with Gasteiger partial charge in [-0.2, -0.15) is 0 Å². The zero-order chi connectivity index (χ0) is 24.4. The molecule has 33 heavy (non-hydrogen) atoms. The summed E-state index contributed by atoms with van der Waals surface area (Å²) in [4.78, 5) is 20.7. The van der Waals surface area contributed by atoms with Crippen molar-refractivity contribution in [3.8, 4) is 10.7 Å². The lowest BCUT2D eigenvalue weighted by atomic mass is 10.0. The van der Waals surface area contributed by atoms with Crippen molar-refractivity contribution >= 4 is 34.7 Å². The van der Waals surface area contributed by atoms with Crippen molar-refractivity contribution in [2.75, 3.05) is 14.2 Å². The molecule has 0 radical (unpaired) electrons. The largest absolute Gasteiger partial charge is 0.501 e. The van der Waals surface area contributed by atoms with Crippen molar-refractivity contribution in [3.63, 3.8) is 0 Å².